The Morgan fingerprint density at radius 3 is 2.63 bits per heavy atom. The molecule has 0 aliphatic rings. The van der Waals surface area contributed by atoms with Gasteiger partial charge in [0.1, 0.15) is 0 Å². The first-order valence-corrected chi connectivity index (χ1v) is 9.66. The van der Waals surface area contributed by atoms with E-state index in [-0.39, 0.29) is 23.0 Å². The third-order valence-electron chi connectivity index (χ3n) is 3.37. The first-order valence-electron chi connectivity index (χ1n) is 8.17. The summed E-state index contributed by atoms with van der Waals surface area (Å²) in [6.07, 6.45) is 2.07. The number of nitrogens with one attached hydrogen (secondary N) is 3. The molecule has 3 amide bonds. The minimum absolute atomic E-state index is 0.0376. The Bertz CT molecular complexity index is 807. The van der Waals surface area contributed by atoms with E-state index >= 15 is 0 Å². The zero-order chi connectivity index (χ0) is 20.4. The first-order chi connectivity index (χ1) is 12.7. The Morgan fingerprint density at radius 1 is 1.30 bits per heavy atom. The highest BCUT2D eigenvalue weighted by molar-refractivity contribution is 7.89. The Balaban J connectivity index is 2.65. The molecule has 1 aromatic rings. The third-order valence-corrected chi connectivity index (χ3v) is 4.80. The van der Waals surface area contributed by atoms with Crippen LogP contribution >= 0.6 is 0 Å². The minimum Gasteiger partial charge on any atom is -0.452 e. The van der Waals surface area contributed by atoms with Crippen LogP contribution in [0.3, 0.4) is 0 Å². The summed E-state index contributed by atoms with van der Waals surface area (Å²) in [6, 6.07) is 4.36. The Hall–Kier alpha value is -2.72. The highest BCUT2D eigenvalue weighted by Crippen LogP contribution is 2.12. The van der Waals surface area contributed by atoms with E-state index < -0.39 is 34.5 Å². The highest BCUT2D eigenvalue weighted by Gasteiger charge is 2.17. The Kier molecular flexibility index (Phi) is 8.63. The van der Waals surface area contributed by atoms with E-state index in [1.54, 1.807) is 6.92 Å². The number of urea groups is 1. The molecule has 0 aliphatic heterocycles. The van der Waals surface area contributed by atoms with Crippen LogP contribution in [0.1, 0.15) is 30.6 Å². The zero-order valence-corrected chi connectivity index (χ0v) is 16.0. The average molecular weight is 397 g/mol. The lowest BCUT2D eigenvalue weighted by molar-refractivity contribution is -0.123. The largest absolute Gasteiger partial charge is 0.452 e. The maximum atomic E-state index is 12.0. The van der Waals surface area contributed by atoms with E-state index in [1.807, 2.05) is 12.2 Å². The summed E-state index contributed by atoms with van der Waals surface area (Å²) in [7, 11) is -3.80. The van der Waals surface area contributed by atoms with Crippen LogP contribution in [0.15, 0.2) is 41.8 Å². The van der Waals surface area contributed by atoms with Gasteiger partial charge in [-0.1, -0.05) is 19.1 Å². The predicted molar refractivity (Wildman–Crippen MR) is 98.5 cm³/mol. The van der Waals surface area contributed by atoms with Gasteiger partial charge in [0.25, 0.3) is 5.91 Å². The fourth-order valence-corrected chi connectivity index (χ4v) is 2.83. The number of amides is 3. The maximum Gasteiger partial charge on any atom is 0.338 e. The molecule has 0 saturated heterocycles. The van der Waals surface area contributed by atoms with Gasteiger partial charge in [0.2, 0.25) is 10.0 Å². The van der Waals surface area contributed by atoms with Crippen LogP contribution in [0.5, 0.6) is 0 Å². The topological polar surface area (TPSA) is 131 Å². The monoisotopic (exact) mass is 397 g/mol. The second-order valence-corrected chi connectivity index (χ2v) is 7.34. The van der Waals surface area contributed by atoms with Crippen LogP contribution in [-0.2, 0) is 19.6 Å². The van der Waals surface area contributed by atoms with Gasteiger partial charge >= 0.3 is 12.0 Å². The Morgan fingerprint density at radius 2 is 2.00 bits per heavy atom. The second-order valence-electron chi connectivity index (χ2n) is 5.58. The summed E-state index contributed by atoms with van der Waals surface area (Å²) in [5.74, 6) is -1.70. The molecule has 1 atom stereocenters. The first kappa shape index (κ1) is 22.3. The van der Waals surface area contributed by atoms with Crippen molar-refractivity contribution in [3.05, 3.63) is 42.5 Å². The van der Waals surface area contributed by atoms with Gasteiger partial charge in [0, 0.05) is 12.6 Å². The number of ether oxygens (including phenoxy) is 1. The van der Waals surface area contributed by atoms with Crippen LogP contribution in [0.2, 0.25) is 0 Å². The van der Waals surface area contributed by atoms with E-state index in [4.69, 9.17) is 4.74 Å². The molecule has 0 bridgehead atoms. The summed E-state index contributed by atoms with van der Waals surface area (Å²) in [5.41, 5.74) is -0.0478. The van der Waals surface area contributed by atoms with Gasteiger partial charge in [-0.15, -0.1) is 6.58 Å². The zero-order valence-electron chi connectivity index (χ0n) is 15.2. The van der Waals surface area contributed by atoms with Crippen molar-refractivity contribution in [3.63, 3.8) is 0 Å². The molecule has 148 valence electrons. The van der Waals surface area contributed by atoms with E-state index in [1.165, 1.54) is 24.3 Å². The molecule has 0 fully saturated rings. The maximum absolute atomic E-state index is 12.0. The van der Waals surface area contributed by atoms with Crippen LogP contribution in [0.25, 0.3) is 0 Å². The number of imide groups is 1. The van der Waals surface area contributed by atoms with Gasteiger partial charge in [-0.2, -0.15) is 0 Å². The number of carbonyl (C=O) groups excluding carboxylic acids is 3. The molecule has 0 aromatic heterocycles. The molecule has 0 radical (unpaired) electrons. The van der Waals surface area contributed by atoms with E-state index in [9.17, 15) is 22.8 Å². The third kappa shape index (κ3) is 7.59. The standard InChI is InChI=1S/C17H23N3O6S/c1-4-9-18-27(24,25)14-8-6-7-13(10-14)16(22)26-11-15(21)20-17(23)19-12(3)5-2/h4,6-8,10,12,18H,1,5,9,11H2,2-3H3,(H2,19,20,21,23)/t12-/m1/s1. The van der Waals surface area contributed by atoms with Gasteiger partial charge in [-0.05, 0) is 31.5 Å². The second kappa shape index (κ2) is 10.4. The summed E-state index contributed by atoms with van der Waals surface area (Å²) in [4.78, 5) is 35.0. The van der Waals surface area contributed by atoms with Crippen LogP contribution in [0.4, 0.5) is 4.79 Å². The van der Waals surface area contributed by atoms with E-state index in [0.29, 0.717) is 6.42 Å². The molecule has 3 N–H and O–H groups in total. The van der Waals surface area contributed by atoms with Crippen LogP contribution < -0.4 is 15.4 Å². The SMILES string of the molecule is C=CCNS(=O)(=O)c1cccc(C(=O)OCC(=O)NC(=O)N[C@H](C)CC)c1. The molecule has 1 aromatic carbocycles. The molecule has 0 unspecified atom stereocenters. The molecule has 0 heterocycles. The van der Waals surface area contributed by atoms with Crippen molar-refractivity contribution in [2.24, 2.45) is 0 Å². The van der Waals surface area contributed by atoms with Crippen molar-refractivity contribution >= 4 is 27.9 Å². The van der Waals surface area contributed by atoms with Gasteiger partial charge in [0.15, 0.2) is 6.61 Å². The molecule has 1 rings (SSSR count). The lowest BCUT2D eigenvalue weighted by atomic mass is 10.2. The molecule has 9 nitrogen and oxygen atoms in total. The fraction of sp³-hybridized carbons (Fsp3) is 0.353. The smallest absolute Gasteiger partial charge is 0.338 e. The van der Waals surface area contributed by atoms with Gasteiger partial charge in [-0.25, -0.2) is 22.7 Å². The summed E-state index contributed by atoms with van der Waals surface area (Å²) in [6.45, 7) is 6.42. The fourth-order valence-electron chi connectivity index (χ4n) is 1.78. The molecular weight excluding hydrogens is 374 g/mol. The van der Waals surface area contributed by atoms with Crippen molar-refractivity contribution in [3.8, 4) is 0 Å². The van der Waals surface area contributed by atoms with Gasteiger partial charge in [-0.3, -0.25) is 10.1 Å². The van der Waals surface area contributed by atoms with Gasteiger partial charge in [0.05, 0.1) is 10.5 Å². The van der Waals surface area contributed by atoms with E-state index in [0.717, 1.165) is 6.07 Å². The average Bonchev–Trinajstić information content (AvgIpc) is 2.64. The van der Waals surface area contributed by atoms with E-state index in [2.05, 4.69) is 16.6 Å². The molecule has 0 spiro atoms. The predicted octanol–water partition coefficient (Wildman–Crippen LogP) is 0.932. The summed E-state index contributed by atoms with van der Waals surface area (Å²) >= 11 is 0. The van der Waals surface area contributed by atoms with Crippen molar-refractivity contribution in [1.82, 2.24) is 15.4 Å². The number of hydrogen-bond acceptors (Lipinski definition) is 6. The molecule has 27 heavy (non-hydrogen) atoms. The van der Waals surface area contributed by atoms with Crippen molar-refractivity contribution in [2.45, 2.75) is 31.2 Å². The van der Waals surface area contributed by atoms with Crippen LogP contribution in [-0.4, -0.2) is 45.5 Å². The number of carbonyl (C=O) groups is 3. The number of hydrogen-bond donors (Lipinski definition) is 3. The lowest BCUT2D eigenvalue weighted by Crippen LogP contribution is -2.44. The molecule has 10 heteroatoms. The lowest BCUT2D eigenvalue weighted by Gasteiger charge is -2.12. The van der Waals surface area contributed by atoms with Crippen molar-refractivity contribution in [2.75, 3.05) is 13.2 Å². The van der Waals surface area contributed by atoms with Crippen molar-refractivity contribution in [1.29, 1.82) is 0 Å². The Labute approximate surface area is 158 Å². The number of sulfonamides is 1. The number of esters is 1. The molecule has 0 aliphatic carbocycles. The highest BCUT2D eigenvalue weighted by atomic mass is 32.2. The van der Waals surface area contributed by atoms with Crippen molar-refractivity contribution < 1.29 is 27.5 Å². The number of benzene rings is 1. The van der Waals surface area contributed by atoms with Gasteiger partial charge < -0.3 is 10.1 Å². The molecule has 0 saturated carbocycles. The normalized spacial score (nSPS) is 11.9. The minimum atomic E-state index is -3.80. The molecular formula is C17H23N3O6S. The van der Waals surface area contributed by atoms with Crippen LogP contribution in [0, 0.1) is 0 Å². The quantitative estimate of drug-likeness (QED) is 0.420. The number of rotatable bonds is 9. The summed E-state index contributed by atoms with van der Waals surface area (Å²) < 4.78 is 31.2. The summed E-state index contributed by atoms with van der Waals surface area (Å²) in [5, 5.41) is 4.56.